The summed E-state index contributed by atoms with van der Waals surface area (Å²) in [6, 6.07) is 8.67. The van der Waals surface area contributed by atoms with E-state index in [1.807, 2.05) is 6.07 Å². The Morgan fingerprint density at radius 1 is 1.13 bits per heavy atom. The van der Waals surface area contributed by atoms with Gasteiger partial charge < -0.3 is 9.47 Å². The fraction of sp³-hybridized carbons (Fsp3) is 0.625. The molecule has 2 saturated heterocycles. The Morgan fingerprint density at radius 3 is 2.52 bits per heavy atom. The van der Waals surface area contributed by atoms with Crippen LogP contribution in [-0.2, 0) is 19.5 Å². The van der Waals surface area contributed by atoms with Gasteiger partial charge in [0.15, 0.2) is 0 Å². The minimum Gasteiger partial charge on any atom is -0.381 e. The molecular weight excluding hydrogens is 316 g/mol. The van der Waals surface area contributed by atoms with Crippen LogP contribution in [0.5, 0.6) is 0 Å². The lowest BCUT2D eigenvalue weighted by Gasteiger charge is -2.37. The Labute approximate surface area is 137 Å². The van der Waals surface area contributed by atoms with Crippen molar-refractivity contribution >= 4 is 10.0 Å². The van der Waals surface area contributed by atoms with Gasteiger partial charge >= 0.3 is 0 Å². The Morgan fingerprint density at radius 2 is 1.87 bits per heavy atom. The van der Waals surface area contributed by atoms with E-state index in [0.717, 1.165) is 26.1 Å². The first-order valence-corrected chi connectivity index (χ1v) is 9.59. The van der Waals surface area contributed by atoms with E-state index < -0.39 is 10.0 Å². The first-order valence-electron chi connectivity index (χ1n) is 8.11. The number of ether oxygens (including phenoxy) is 2. The van der Waals surface area contributed by atoms with Crippen molar-refractivity contribution < 1.29 is 17.9 Å². The predicted molar refractivity (Wildman–Crippen MR) is 86.7 cm³/mol. The van der Waals surface area contributed by atoms with E-state index in [1.54, 1.807) is 24.3 Å². The fourth-order valence-electron chi connectivity index (χ4n) is 3.24. The topological polar surface area (TPSA) is 67.9 Å². The number of rotatable bonds is 6. The highest BCUT2D eigenvalue weighted by molar-refractivity contribution is 7.89. The average molecular weight is 340 g/mol. The van der Waals surface area contributed by atoms with Crippen LogP contribution in [0.15, 0.2) is 35.2 Å². The van der Waals surface area contributed by atoms with Crippen LogP contribution >= 0.6 is 0 Å². The summed E-state index contributed by atoms with van der Waals surface area (Å²) in [6.07, 6.45) is 0.981. The van der Waals surface area contributed by atoms with Gasteiger partial charge in [0.05, 0.1) is 24.7 Å². The molecule has 2 aliphatic rings. The van der Waals surface area contributed by atoms with Gasteiger partial charge in [-0.15, -0.1) is 0 Å². The molecule has 2 heterocycles. The summed E-state index contributed by atoms with van der Waals surface area (Å²) in [7, 11) is -3.47. The van der Waals surface area contributed by atoms with E-state index in [9.17, 15) is 8.42 Å². The largest absolute Gasteiger partial charge is 0.381 e. The number of morpholine rings is 1. The first-order chi connectivity index (χ1) is 11.2. The summed E-state index contributed by atoms with van der Waals surface area (Å²) in [4.78, 5) is 2.64. The van der Waals surface area contributed by atoms with Crippen molar-refractivity contribution in [1.82, 2.24) is 9.62 Å². The summed E-state index contributed by atoms with van der Waals surface area (Å²) in [5.74, 6) is 0.367. The molecule has 0 amide bonds. The average Bonchev–Trinajstić information content (AvgIpc) is 3.11. The zero-order valence-corrected chi connectivity index (χ0v) is 14.0. The molecule has 0 saturated carbocycles. The molecule has 3 rings (SSSR count). The number of hydrogen-bond acceptors (Lipinski definition) is 5. The van der Waals surface area contributed by atoms with Crippen molar-refractivity contribution in [3.8, 4) is 0 Å². The second kappa shape index (κ2) is 7.72. The van der Waals surface area contributed by atoms with E-state index >= 15 is 0 Å². The molecule has 23 heavy (non-hydrogen) atoms. The SMILES string of the molecule is O=S(=O)(NCC(C1CCOC1)N1CCOCC1)c1ccccc1. The minimum atomic E-state index is -3.47. The molecule has 1 N–H and O–H groups in total. The normalized spacial score (nSPS) is 24.6. The van der Waals surface area contributed by atoms with E-state index in [1.165, 1.54) is 0 Å². The molecule has 7 heteroatoms. The molecule has 128 valence electrons. The summed E-state index contributed by atoms with van der Waals surface area (Å²) in [6.45, 7) is 4.96. The lowest BCUT2D eigenvalue weighted by Crippen LogP contribution is -2.52. The standard InChI is InChI=1S/C16H24N2O4S/c19-23(20,15-4-2-1-3-5-15)17-12-16(14-6-9-22-13-14)18-7-10-21-11-8-18/h1-5,14,16-17H,6-13H2. The quantitative estimate of drug-likeness (QED) is 0.826. The van der Waals surface area contributed by atoms with Gasteiger partial charge in [0.1, 0.15) is 0 Å². The van der Waals surface area contributed by atoms with Crippen molar-refractivity contribution in [1.29, 1.82) is 0 Å². The zero-order chi connectivity index (χ0) is 16.1. The summed E-state index contributed by atoms with van der Waals surface area (Å²) < 4.78 is 38.6. The van der Waals surface area contributed by atoms with Crippen molar-refractivity contribution in [2.75, 3.05) is 46.1 Å². The summed E-state index contributed by atoms with van der Waals surface area (Å²) in [5.41, 5.74) is 0. The molecule has 0 aromatic heterocycles. The summed E-state index contributed by atoms with van der Waals surface area (Å²) >= 11 is 0. The molecule has 0 spiro atoms. The maximum absolute atomic E-state index is 12.4. The van der Waals surface area contributed by atoms with Crippen LogP contribution in [0.2, 0.25) is 0 Å². The zero-order valence-electron chi connectivity index (χ0n) is 13.2. The number of sulfonamides is 1. The second-order valence-electron chi connectivity index (χ2n) is 6.00. The Kier molecular flexibility index (Phi) is 5.66. The molecule has 2 atom stereocenters. The van der Waals surface area contributed by atoms with Crippen molar-refractivity contribution in [3.05, 3.63) is 30.3 Å². The van der Waals surface area contributed by atoms with E-state index in [0.29, 0.717) is 37.2 Å². The molecule has 2 unspecified atom stereocenters. The maximum Gasteiger partial charge on any atom is 0.240 e. The predicted octanol–water partition coefficient (Wildman–Crippen LogP) is 0.702. The van der Waals surface area contributed by atoms with E-state index in [-0.39, 0.29) is 6.04 Å². The second-order valence-corrected chi connectivity index (χ2v) is 7.77. The van der Waals surface area contributed by atoms with Crippen LogP contribution in [0, 0.1) is 5.92 Å². The van der Waals surface area contributed by atoms with E-state index in [4.69, 9.17) is 9.47 Å². The Balaban J connectivity index is 1.68. The lowest BCUT2D eigenvalue weighted by molar-refractivity contribution is 0.00271. The Hall–Kier alpha value is -0.990. The van der Waals surface area contributed by atoms with Crippen molar-refractivity contribution in [2.45, 2.75) is 17.4 Å². The van der Waals surface area contributed by atoms with Crippen molar-refractivity contribution in [3.63, 3.8) is 0 Å². The van der Waals surface area contributed by atoms with Gasteiger partial charge in [0.25, 0.3) is 0 Å². The van der Waals surface area contributed by atoms with Gasteiger partial charge in [-0.2, -0.15) is 0 Å². The first kappa shape index (κ1) is 16.9. The smallest absolute Gasteiger partial charge is 0.240 e. The van der Waals surface area contributed by atoms with Gasteiger partial charge in [-0.3, -0.25) is 4.90 Å². The highest BCUT2D eigenvalue weighted by Crippen LogP contribution is 2.22. The van der Waals surface area contributed by atoms with Gasteiger partial charge in [-0.05, 0) is 18.6 Å². The monoisotopic (exact) mass is 340 g/mol. The van der Waals surface area contributed by atoms with Gasteiger partial charge in [-0.1, -0.05) is 18.2 Å². The number of nitrogens with zero attached hydrogens (tertiary/aromatic N) is 1. The van der Waals surface area contributed by atoms with Crippen LogP contribution in [-0.4, -0.2) is 65.4 Å². The van der Waals surface area contributed by atoms with Crippen LogP contribution in [0.4, 0.5) is 0 Å². The molecule has 0 radical (unpaired) electrons. The molecule has 1 aromatic carbocycles. The molecule has 2 fully saturated rings. The number of nitrogens with one attached hydrogen (secondary N) is 1. The molecule has 6 nitrogen and oxygen atoms in total. The van der Waals surface area contributed by atoms with Gasteiger partial charge in [-0.25, -0.2) is 13.1 Å². The molecular formula is C16H24N2O4S. The number of hydrogen-bond donors (Lipinski definition) is 1. The third kappa shape index (κ3) is 4.30. The van der Waals surface area contributed by atoms with Crippen molar-refractivity contribution in [2.24, 2.45) is 5.92 Å². The fourth-order valence-corrected chi connectivity index (χ4v) is 4.31. The van der Waals surface area contributed by atoms with Crippen LogP contribution in [0.3, 0.4) is 0 Å². The third-order valence-electron chi connectivity index (χ3n) is 4.56. The lowest BCUT2D eigenvalue weighted by atomic mass is 9.97. The van der Waals surface area contributed by atoms with Crippen LogP contribution in [0.1, 0.15) is 6.42 Å². The van der Waals surface area contributed by atoms with Gasteiger partial charge in [0, 0.05) is 38.2 Å². The highest BCUT2D eigenvalue weighted by atomic mass is 32.2. The van der Waals surface area contributed by atoms with Crippen LogP contribution < -0.4 is 4.72 Å². The Bertz CT molecular complexity index is 581. The van der Waals surface area contributed by atoms with Crippen LogP contribution in [0.25, 0.3) is 0 Å². The highest BCUT2D eigenvalue weighted by Gasteiger charge is 2.32. The molecule has 2 aliphatic heterocycles. The summed E-state index contributed by atoms with van der Waals surface area (Å²) in [5, 5.41) is 0. The molecule has 0 aliphatic carbocycles. The van der Waals surface area contributed by atoms with E-state index in [2.05, 4.69) is 9.62 Å². The maximum atomic E-state index is 12.4. The minimum absolute atomic E-state index is 0.153. The molecule has 1 aromatic rings. The third-order valence-corrected chi connectivity index (χ3v) is 6.00. The number of benzene rings is 1. The molecule has 0 bridgehead atoms. The van der Waals surface area contributed by atoms with Gasteiger partial charge in [0.2, 0.25) is 10.0 Å².